The number of carboxylic acid groups (broad SMARTS) is 1. The van der Waals surface area contributed by atoms with Gasteiger partial charge in [0.25, 0.3) is 0 Å². The van der Waals surface area contributed by atoms with Crippen LogP contribution < -0.4 is 5.73 Å². The zero-order chi connectivity index (χ0) is 14.3. The zero-order valence-electron chi connectivity index (χ0n) is 8.82. The first-order valence-corrected chi connectivity index (χ1v) is 6.56. The molecule has 0 amide bonds. The minimum atomic E-state index is -9.67. The van der Waals surface area contributed by atoms with Crippen LogP contribution >= 0.6 is 10.2 Å². The first kappa shape index (κ1) is 14.7. The van der Waals surface area contributed by atoms with E-state index in [2.05, 4.69) is 0 Å². The van der Waals surface area contributed by atoms with Gasteiger partial charge in [-0.25, -0.2) is 0 Å². The highest BCUT2D eigenvalue weighted by molar-refractivity contribution is 8.45. The van der Waals surface area contributed by atoms with Crippen LogP contribution in [0.4, 0.5) is 19.4 Å². The number of hydrogen-bond donors (Lipinski definition) is 2. The number of nitrogens with two attached hydrogens (primary N) is 1. The van der Waals surface area contributed by atoms with Gasteiger partial charge in [0.1, 0.15) is 10.9 Å². The topological polar surface area (TPSA) is 63.3 Å². The summed E-state index contributed by atoms with van der Waals surface area (Å²) in [6.07, 6.45) is -0.240. The molecule has 0 aliphatic heterocycles. The van der Waals surface area contributed by atoms with Gasteiger partial charge in [-0.05, 0) is 24.1 Å². The molecule has 0 aliphatic rings. The normalized spacial score (nSPS) is 17.7. The predicted molar refractivity (Wildman–Crippen MR) is 57.2 cm³/mol. The van der Waals surface area contributed by atoms with Crippen LogP contribution in [0.5, 0.6) is 0 Å². The van der Waals surface area contributed by atoms with E-state index in [9.17, 15) is 24.2 Å². The first-order chi connectivity index (χ1) is 7.79. The van der Waals surface area contributed by atoms with E-state index in [1.807, 2.05) is 0 Å². The molecule has 1 atom stereocenters. The Morgan fingerprint density at radius 1 is 1.17 bits per heavy atom. The minimum absolute atomic E-state index is 0.135. The van der Waals surface area contributed by atoms with Crippen molar-refractivity contribution in [2.45, 2.75) is 17.4 Å². The van der Waals surface area contributed by atoms with E-state index in [4.69, 9.17) is 10.8 Å². The summed E-state index contributed by atoms with van der Waals surface area (Å²) in [5.41, 5.74) is 5.30. The van der Waals surface area contributed by atoms with Gasteiger partial charge in [-0.2, -0.15) is 0 Å². The van der Waals surface area contributed by atoms with Gasteiger partial charge in [-0.1, -0.05) is 31.6 Å². The molecule has 0 aliphatic carbocycles. The maximum atomic E-state index is 12.4. The third-order valence-electron chi connectivity index (χ3n) is 2.14. The van der Waals surface area contributed by atoms with Gasteiger partial charge in [0.05, 0.1) is 0 Å². The first-order valence-electron chi connectivity index (χ1n) is 4.61. The molecule has 1 aromatic carbocycles. The zero-order valence-corrected chi connectivity index (χ0v) is 9.64. The van der Waals surface area contributed by atoms with Crippen molar-refractivity contribution in [2.24, 2.45) is 5.73 Å². The molecular weight excluding hydrogens is 281 g/mol. The van der Waals surface area contributed by atoms with Gasteiger partial charge in [-0.15, -0.1) is 0 Å². The van der Waals surface area contributed by atoms with Gasteiger partial charge in [-0.3, -0.25) is 4.79 Å². The van der Waals surface area contributed by atoms with Crippen LogP contribution in [0.15, 0.2) is 29.2 Å². The van der Waals surface area contributed by atoms with Crippen LogP contribution in [0.1, 0.15) is 5.56 Å². The molecule has 1 rings (SSSR count). The second-order valence-electron chi connectivity index (χ2n) is 3.76. The molecule has 0 unspecified atom stereocenters. The second kappa shape index (κ2) is 3.58. The maximum absolute atomic E-state index is 12.4. The Morgan fingerprint density at radius 2 is 1.61 bits per heavy atom. The van der Waals surface area contributed by atoms with Crippen LogP contribution in [0.2, 0.25) is 0 Å². The largest absolute Gasteiger partial charge is 0.480 e. The number of rotatable bonds is 4. The van der Waals surface area contributed by atoms with Crippen molar-refractivity contribution in [3.8, 4) is 0 Å². The lowest BCUT2D eigenvalue weighted by Gasteiger charge is -2.40. The molecule has 0 fully saturated rings. The van der Waals surface area contributed by atoms with E-state index in [1.165, 1.54) is 0 Å². The van der Waals surface area contributed by atoms with Crippen LogP contribution in [0.25, 0.3) is 0 Å². The molecule has 0 spiro atoms. The summed E-state index contributed by atoms with van der Waals surface area (Å²) in [5.74, 6) is -1.33. The highest BCUT2D eigenvalue weighted by Crippen LogP contribution is 3.02. The monoisotopic (exact) mass is 291 g/mol. The summed E-state index contributed by atoms with van der Waals surface area (Å²) in [5, 5.41) is 8.49. The van der Waals surface area contributed by atoms with Crippen molar-refractivity contribution >= 4 is 16.2 Å². The molecule has 3 nitrogen and oxygen atoms in total. The van der Waals surface area contributed by atoms with Crippen molar-refractivity contribution < 1.29 is 29.3 Å². The number of aliphatic carboxylic acids is 1. The molecule has 0 bridgehead atoms. The van der Waals surface area contributed by atoms with Crippen molar-refractivity contribution in [1.29, 1.82) is 0 Å². The standard InChI is InChI=1S/C9H10F5NO2S/c10-18(11,12,13,14)7-3-1-6(2-4-7)5-8(15)9(16)17/h1-4,8H,5,15H2,(H,16,17)/t8-/m0/s1. The fourth-order valence-corrected chi connectivity index (χ4v) is 1.87. The number of carboxylic acids is 1. The van der Waals surface area contributed by atoms with Gasteiger partial charge in [0.15, 0.2) is 0 Å². The van der Waals surface area contributed by atoms with Crippen LogP contribution in [0, 0.1) is 0 Å². The lowest BCUT2D eigenvalue weighted by molar-refractivity contribution is -0.138. The summed E-state index contributed by atoms with van der Waals surface area (Å²) in [4.78, 5) is 8.40. The minimum Gasteiger partial charge on any atom is -0.480 e. The van der Waals surface area contributed by atoms with Gasteiger partial charge in [0.2, 0.25) is 0 Å². The number of carbonyl (C=O) groups is 1. The Balaban J connectivity index is 2.99. The lowest BCUT2D eigenvalue weighted by Crippen LogP contribution is -2.32. The molecule has 0 saturated carbocycles. The Hall–Kier alpha value is -1.35. The molecule has 0 saturated heterocycles. The Bertz CT molecular complexity index is 469. The third-order valence-corrected chi connectivity index (χ3v) is 3.30. The van der Waals surface area contributed by atoms with Gasteiger partial charge < -0.3 is 10.8 Å². The Labute approximate surface area is 99.1 Å². The predicted octanol–water partition coefficient (Wildman–Crippen LogP) is 3.30. The SMILES string of the molecule is N[C@@H](Cc1ccc(S(F)(F)(F)(F)F)cc1)C(=O)O. The van der Waals surface area contributed by atoms with Gasteiger partial charge in [0, 0.05) is 0 Å². The van der Waals surface area contributed by atoms with E-state index >= 15 is 0 Å². The highest BCUT2D eigenvalue weighted by Gasteiger charge is 2.65. The quantitative estimate of drug-likeness (QED) is 0.837. The highest BCUT2D eigenvalue weighted by atomic mass is 32.5. The van der Waals surface area contributed by atoms with Crippen LogP contribution in [-0.4, -0.2) is 17.1 Å². The number of halogens is 5. The summed E-state index contributed by atoms with van der Waals surface area (Å²) in [6, 6.07) is 0.735. The fourth-order valence-electron chi connectivity index (χ4n) is 1.22. The smallest absolute Gasteiger partial charge is 0.320 e. The van der Waals surface area contributed by atoms with Gasteiger partial charge >= 0.3 is 16.2 Å². The fraction of sp³-hybridized carbons (Fsp3) is 0.222. The Kier molecular flexibility index (Phi) is 2.92. The molecule has 1 aromatic rings. The maximum Gasteiger partial charge on any atom is 0.320 e. The molecular formula is C9H10F5NO2S. The van der Waals surface area contributed by atoms with E-state index < -0.39 is 27.1 Å². The average molecular weight is 291 g/mol. The van der Waals surface area contributed by atoms with Crippen molar-refractivity contribution in [3.63, 3.8) is 0 Å². The lowest BCUT2D eigenvalue weighted by atomic mass is 10.1. The van der Waals surface area contributed by atoms with Crippen molar-refractivity contribution in [1.82, 2.24) is 0 Å². The summed E-state index contributed by atoms with van der Waals surface area (Å²) >= 11 is 0. The van der Waals surface area contributed by atoms with E-state index in [-0.39, 0.29) is 24.1 Å². The van der Waals surface area contributed by atoms with E-state index in [0.29, 0.717) is 0 Å². The summed E-state index contributed by atoms with van der Waals surface area (Å²) in [6.45, 7) is 0. The van der Waals surface area contributed by atoms with Crippen molar-refractivity contribution in [2.75, 3.05) is 0 Å². The molecule has 104 valence electrons. The molecule has 0 heterocycles. The number of hydrogen-bond acceptors (Lipinski definition) is 2. The average Bonchev–Trinajstić information content (AvgIpc) is 2.14. The van der Waals surface area contributed by atoms with Crippen LogP contribution in [0.3, 0.4) is 0 Å². The molecule has 0 aromatic heterocycles. The Morgan fingerprint density at radius 3 is 1.94 bits per heavy atom. The van der Waals surface area contributed by atoms with E-state index in [1.54, 1.807) is 0 Å². The summed E-state index contributed by atoms with van der Waals surface area (Å²) in [7, 11) is -9.67. The van der Waals surface area contributed by atoms with E-state index in [0.717, 1.165) is 12.1 Å². The number of benzene rings is 1. The van der Waals surface area contributed by atoms with Crippen LogP contribution in [-0.2, 0) is 11.2 Å². The van der Waals surface area contributed by atoms with Crippen molar-refractivity contribution in [3.05, 3.63) is 29.8 Å². The molecule has 9 heteroatoms. The summed E-state index contributed by atoms with van der Waals surface area (Å²) < 4.78 is 61.8. The molecule has 18 heavy (non-hydrogen) atoms. The molecule has 0 radical (unpaired) electrons. The second-order valence-corrected chi connectivity index (χ2v) is 6.17. The molecule has 3 N–H and O–H groups in total. The third kappa shape index (κ3) is 3.84.